The van der Waals surface area contributed by atoms with Crippen LogP contribution in [0, 0.1) is 0 Å². The van der Waals surface area contributed by atoms with Crippen LogP contribution in [0.4, 0.5) is 0 Å². The molecule has 0 amide bonds. The Morgan fingerprint density at radius 1 is 1.24 bits per heavy atom. The lowest BCUT2D eigenvalue weighted by Gasteiger charge is -2.25. The minimum Gasteiger partial charge on any atom is -0.490 e. The molecule has 6 nitrogen and oxygen atoms in total. The molecule has 1 heterocycles. The highest BCUT2D eigenvalue weighted by Gasteiger charge is 2.27. The van der Waals surface area contributed by atoms with Gasteiger partial charge in [-0.05, 0) is 26.0 Å². The number of aliphatic hydroxyl groups is 1. The fourth-order valence-electron chi connectivity index (χ4n) is 2.19. The molecule has 2 rings (SSSR count). The summed E-state index contributed by atoms with van der Waals surface area (Å²) in [5.41, 5.74) is 0. The quantitative estimate of drug-likeness (QED) is 0.885. The molecule has 0 fully saturated rings. The van der Waals surface area contributed by atoms with Gasteiger partial charge in [0.1, 0.15) is 0 Å². The normalized spacial score (nSPS) is 15.3. The van der Waals surface area contributed by atoms with Gasteiger partial charge in [-0.2, -0.15) is 4.31 Å². The van der Waals surface area contributed by atoms with E-state index in [0.717, 1.165) is 6.42 Å². The van der Waals surface area contributed by atoms with Gasteiger partial charge in [0.05, 0.1) is 24.7 Å². The maximum Gasteiger partial charge on any atom is 0.243 e. The maximum absolute atomic E-state index is 12.7. The summed E-state index contributed by atoms with van der Waals surface area (Å²) in [5.74, 6) is 1.01. The molecular weight excluding hydrogens is 294 g/mol. The third kappa shape index (κ3) is 3.48. The van der Waals surface area contributed by atoms with Crippen molar-refractivity contribution in [2.45, 2.75) is 31.2 Å². The number of sulfonamides is 1. The van der Waals surface area contributed by atoms with Gasteiger partial charge in [-0.3, -0.25) is 0 Å². The molecule has 7 heteroatoms. The van der Waals surface area contributed by atoms with Crippen molar-refractivity contribution in [2.24, 2.45) is 0 Å². The second-order valence-corrected chi connectivity index (χ2v) is 6.98. The van der Waals surface area contributed by atoms with Crippen molar-refractivity contribution < 1.29 is 23.0 Å². The third-order valence-electron chi connectivity index (χ3n) is 3.22. The predicted octanol–water partition coefficient (Wildman–Crippen LogP) is 1.24. The molecule has 0 atom stereocenters. The molecule has 21 heavy (non-hydrogen) atoms. The summed E-state index contributed by atoms with van der Waals surface area (Å²) in [4.78, 5) is 0.147. The van der Waals surface area contributed by atoms with Crippen LogP contribution in [0.3, 0.4) is 0 Å². The Bertz CT molecular complexity index is 585. The van der Waals surface area contributed by atoms with E-state index in [1.807, 2.05) is 0 Å². The molecule has 1 aromatic carbocycles. The average molecular weight is 315 g/mol. The van der Waals surface area contributed by atoms with Gasteiger partial charge in [-0.25, -0.2) is 8.42 Å². The van der Waals surface area contributed by atoms with Crippen LogP contribution < -0.4 is 9.47 Å². The van der Waals surface area contributed by atoms with Crippen LogP contribution in [0.1, 0.15) is 20.3 Å². The summed E-state index contributed by atoms with van der Waals surface area (Å²) < 4.78 is 37.6. The molecule has 0 aliphatic carbocycles. The monoisotopic (exact) mass is 315 g/mol. The molecular formula is C14H21NO5S. The first-order valence-electron chi connectivity index (χ1n) is 6.99. The van der Waals surface area contributed by atoms with Crippen molar-refractivity contribution >= 4 is 10.0 Å². The molecule has 0 saturated heterocycles. The Labute approximate surface area is 125 Å². The molecule has 118 valence electrons. The van der Waals surface area contributed by atoms with Crippen LogP contribution in [0.5, 0.6) is 11.5 Å². The zero-order valence-electron chi connectivity index (χ0n) is 12.3. The lowest BCUT2D eigenvalue weighted by atomic mass is 10.3. The Morgan fingerprint density at radius 3 is 2.52 bits per heavy atom. The van der Waals surface area contributed by atoms with Crippen molar-refractivity contribution in [3.63, 3.8) is 0 Å². The highest BCUT2D eigenvalue weighted by atomic mass is 32.2. The lowest BCUT2D eigenvalue weighted by molar-refractivity contribution is 0.236. The van der Waals surface area contributed by atoms with E-state index in [4.69, 9.17) is 14.6 Å². The third-order valence-corrected chi connectivity index (χ3v) is 5.29. The van der Waals surface area contributed by atoms with Crippen molar-refractivity contribution in [1.29, 1.82) is 0 Å². The van der Waals surface area contributed by atoms with E-state index < -0.39 is 10.0 Å². The summed E-state index contributed by atoms with van der Waals surface area (Å²) in [6.07, 6.45) is 0.763. The smallest absolute Gasteiger partial charge is 0.243 e. The van der Waals surface area contributed by atoms with Gasteiger partial charge < -0.3 is 14.6 Å². The van der Waals surface area contributed by atoms with Crippen molar-refractivity contribution in [3.05, 3.63) is 18.2 Å². The van der Waals surface area contributed by atoms with E-state index in [1.165, 1.54) is 16.4 Å². The average Bonchev–Trinajstić information content (AvgIpc) is 2.68. The molecule has 1 aliphatic heterocycles. The molecule has 0 aromatic heterocycles. The van der Waals surface area contributed by atoms with Gasteiger partial charge in [0, 0.05) is 25.1 Å². The van der Waals surface area contributed by atoms with Crippen molar-refractivity contribution in [3.8, 4) is 11.5 Å². The minimum atomic E-state index is -3.67. The van der Waals surface area contributed by atoms with Crippen LogP contribution >= 0.6 is 0 Å². The molecule has 0 unspecified atom stereocenters. The van der Waals surface area contributed by atoms with Crippen LogP contribution in [0.2, 0.25) is 0 Å². The second kappa shape index (κ2) is 6.64. The first kappa shape index (κ1) is 16.1. The fourth-order valence-corrected chi connectivity index (χ4v) is 3.84. The fraction of sp³-hybridized carbons (Fsp3) is 0.571. The first-order valence-corrected chi connectivity index (χ1v) is 8.43. The number of rotatable bonds is 5. The highest BCUT2D eigenvalue weighted by molar-refractivity contribution is 7.89. The molecule has 0 bridgehead atoms. The first-order chi connectivity index (χ1) is 9.96. The number of hydrogen-bond donors (Lipinski definition) is 1. The topological polar surface area (TPSA) is 76.1 Å². The second-order valence-electron chi connectivity index (χ2n) is 5.09. The number of fused-ring (bicyclic) bond motifs is 1. The van der Waals surface area contributed by atoms with Crippen LogP contribution in [-0.2, 0) is 10.0 Å². The zero-order valence-corrected chi connectivity index (χ0v) is 13.1. The minimum absolute atomic E-state index is 0.0639. The van der Waals surface area contributed by atoms with E-state index in [-0.39, 0.29) is 24.1 Å². The number of ether oxygens (including phenoxy) is 2. The summed E-state index contributed by atoms with van der Waals surface area (Å²) in [6, 6.07) is 4.38. The molecule has 1 aliphatic rings. The Morgan fingerprint density at radius 2 is 1.90 bits per heavy atom. The summed E-state index contributed by atoms with van der Waals surface area (Å²) >= 11 is 0. The SMILES string of the molecule is CC(C)N(CCO)S(=O)(=O)c1ccc2c(c1)OCCCO2. The Balaban J connectivity index is 2.38. The Kier molecular flexibility index (Phi) is 5.08. The van der Waals surface area contributed by atoms with Gasteiger partial charge in [0.25, 0.3) is 0 Å². The Hall–Kier alpha value is -1.31. The largest absolute Gasteiger partial charge is 0.490 e. The molecule has 0 radical (unpaired) electrons. The molecule has 0 saturated carbocycles. The number of hydrogen-bond acceptors (Lipinski definition) is 5. The summed E-state index contributed by atoms with van der Waals surface area (Å²) in [6.45, 7) is 4.45. The van der Waals surface area contributed by atoms with E-state index in [0.29, 0.717) is 24.7 Å². The van der Waals surface area contributed by atoms with Crippen molar-refractivity contribution in [2.75, 3.05) is 26.4 Å². The number of benzene rings is 1. The van der Waals surface area contributed by atoms with Crippen LogP contribution in [0.25, 0.3) is 0 Å². The summed E-state index contributed by atoms with van der Waals surface area (Å²) in [7, 11) is -3.67. The van der Waals surface area contributed by atoms with Gasteiger partial charge in [0.2, 0.25) is 10.0 Å². The van der Waals surface area contributed by atoms with E-state index in [2.05, 4.69) is 0 Å². The van der Waals surface area contributed by atoms with Gasteiger partial charge >= 0.3 is 0 Å². The highest BCUT2D eigenvalue weighted by Crippen LogP contribution is 2.33. The lowest BCUT2D eigenvalue weighted by Crippen LogP contribution is -2.38. The van der Waals surface area contributed by atoms with E-state index in [9.17, 15) is 8.42 Å². The zero-order chi connectivity index (χ0) is 15.5. The van der Waals surface area contributed by atoms with Crippen LogP contribution in [-0.4, -0.2) is 50.2 Å². The molecule has 1 N–H and O–H groups in total. The molecule has 1 aromatic rings. The summed E-state index contributed by atoms with van der Waals surface area (Å²) in [5, 5.41) is 9.07. The number of nitrogens with zero attached hydrogens (tertiary/aromatic N) is 1. The standard InChI is InChI=1S/C14H21NO5S/c1-11(2)15(6-7-16)21(17,18)12-4-5-13-14(10-12)20-9-3-8-19-13/h4-5,10-11,16H,3,6-9H2,1-2H3. The predicted molar refractivity (Wildman–Crippen MR) is 78.2 cm³/mol. The van der Waals surface area contributed by atoms with Gasteiger partial charge in [0.15, 0.2) is 11.5 Å². The van der Waals surface area contributed by atoms with Crippen molar-refractivity contribution in [1.82, 2.24) is 4.31 Å². The van der Waals surface area contributed by atoms with Gasteiger partial charge in [-0.15, -0.1) is 0 Å². The van der Waals surface area contributed by atoms with Crippen LogP contribution in [0.15, 0.2) is 23.1 Å². The maximum atomic E-state index is 12.7. The number of aliphatic hydroxyl groups excluding tert-OH is 1. The van der Waals surface area contributed by atoms with E-state index in [1.54, 1.807) is 19.9 Å². The molecule has 0 spiro atoms. The van der Waals surface area contributed by atoms with E-state index >= 15 is 0 Å². The van der Waals surface area contributed by atoms with Gasteiger partial charge in [-0.1, -0.05) is 0 Å².